The molecule has 0 aromatic carbocycles. The fourth-order valence-corrected chi connectivity index (χ4v) is 1.22. The predicted octanol–water partition coefficient (Wildman–Crippen LogP) is 2.85. The summed E-state index contributed by atoms with van der Waals surface area (Å²) < 4.78 is 25.5. The second-order valence-corrected chi connectivity index (χ2v) is 3.07. The van der Waals surface area contributed by atoms with Crippen LogP contribution in [0.2, 0.25) is 0 Å². The maximum Gasteiger partial charge on any atom is 0.109 e. The third-order valence-corrected chi connectivity index (χ3v) is 2.02. The number of halogens is 2. The van der Waals surface area contributed by atoms with Gasteiger partial charge >= 0.3 is 0 Å². The van der Waals surface area contributed by atoms with Gasteiger partial charge in [-0.3, -0.25) is 0 Å². The first-order valence-corrected chi connectivity index (χ1v) is 3.62. The Labute approximate surface area is 59.9 Å². The molecule has 1 rings (SSSR count). The van der Waals surface area contributed by atoms with Crippen LogP contribution >= 0.6 is 0 Å². The zero-order valence-electron chi connectivity index (χ0n) is 6.27. The lowest BCUT2D eigenvalue weighted by Crippen LogP contribution is -2.20. The van der Waals surface area contributed by atoms with E-state index >= 15 is 0 Å². The van der Waals surface area contributed by atoms with Crippen LogP contribution in [0, 0.1) is 11.8 Å². The number of allylic oxidation sites excluding steroid dienone is 2. The van der Waals surface area contributed by atoms with Gasteiger partial charge in [-0.1, -0.05) is 13.8 Å². The van der Waals surface area contributed by atoms with Gasteiger partial charge in [-0.15, -0.1) is 0 Å². The number of hydrogen-bond acceptors (Lipinski definition) is 0. The SMILES string of the molecule is CC1C=C(F)C(C)C(F)C1. The molecule has 0 spiro atoms. The van der Waals surface area contributed by atoms with E-state index in [0.29, 0.717) is 6.42 Å². The quantitative estimate of drug-likeness (QED) is 0.493. The van der Waals surface area contributed by atoms with Gasteiger partial charge in [0.15, 0.2) is 0 Å². The van der Waals surface area contributed by atoms with Gasteiger partial charge in [0.05, 0.1) is 0 Å². The largest absolute Gasteiger partial charge is 0.247 e. The molecule has 0 amide bonds. The van der Waals surface area contributed by atoms with E-state index in [1.165, 1.54) is 6.08 Å². The number of rotatable bonds is 0. The molecule has 10 heavy (non-hydrogen) atoms. The molecule has 3 unspecified atom stereocenters. The molecule has 2 heteroatoms. The fourth-order valence-electron chi connectivity index (χ4n) is 1.22. The lowest BCUT2D eigenvalue weighted by molar-refractivity contribution is 0.196. The van der Waals surface area contributed by atoms with Crippen LogP contribution in [0.1, 0.15) is 20.3 Å². The Kier molecular flexibility index (Phi) is 2.07. The number of alkyl halides is 1. The van der Waals surface area contributed by atoms with E-state index in [4.69, 9.17) is 0 Å². The molecule has 0 nitrogen and oxygen atoms in total. The minimum Gasteiger partial charge on any atom is -0.247 e. The third kappa shape index (κ3) is 1.36. The summed E-state index contributed by atoms with van der Waals surface area (Å²) >= 11 is 0. The van der Waals surface area contributed by atoms with E-state index in [2.05, 4.69) is 0 Å². The van der Waals surface area contributed by atoms with Crippen molar-refractivity contribution in [3.63, 3.8) is 0 Å². The maximum atomic E-state index is 12.8. The van der Waals surface area contributed by atoms with E-state index < -0.39 is 12.1 Å². The van der Waals surface area contributed by atoms with Crippen LogP contribution < -0.4 is 0 Å². The Balaban J connectivity index is 2.71. The monoisotopic (exact) mass is 146 g/mol. The highest BCUT2D eigenvalue weighted by atomic mass is 19.1. The first-order valence-electron chi connectivity index (χ1n) is 3.62. The Morgan fingerprint density at radius 3 is 2.60 bits per heavy atom. The van der Waals surface area contributed by atoms with E-state index in [1.807, 2.05) is 6.92 Å². The molecule has 0 N–H and O–H groups in total. The van der Waals surface area contributed by atoms with Crippen LogP contribution in [0.3, 0.4) is 0 Å². The molecule has 0 saturated carbocycles. The van der Waals surface area contributed by atoms with Crippen LogP contribution in [0.15, 0.2) is 11.9 Å². The van der Waals surface area contributed by atoms with E-state index in [0.717, 1.165) is 0 Å². The molecule has 0 radical (unpaired) electrons. The summed E-state index contributed by atoms with van der Waals surface area (Å²) in [6.07, 6.45) is 0.995. The summed E-state index contributed by atoms with van der Waals surface area (Å²) in [5, 5.41) is 0. The van der Waals surface area contributed by atoms with Gasteiger partial charge in [-0.2, -0.15) is 0 Å². The normalized spacial score (nSPS) is 41.2. The zero-order valence-corrected chi connectivity index (χ0v) is 6.27. The van der Waals surface area contributed by atoms with Crippen molar-refractivity contribution in [3.05, 3.63) is 11.9 Å². The van der Waals surface area contributed by atoms with Crippen LogP contribution in [-0.2, 0) is 0 Å². The lowest BCUT2D eigenvalue weighted by Gasteiger charge is -2.22. The summed E-state index contributed by atoms with van der Waals surface area (Å²) in [7, 11) is 0. The molecule has 0 aromatic heterocycles. The van der Waals surface area contributed by atoms with Gasteiger partial charge in [-0.05, 0) is 18.4 Å². The van der Waals surface area contributed by atoms with Gasteiger partial charge < -0.3 is 0 Å². The Morgan fingerprint density at radius 2 is 2.10 bits per heavy atom. The van der Waals surface area contributed by atoms with Gasteiger partial charge in [0.2, 0.25) is 0 Å². The van der Waals surface area contributed by atoms with Crippen molar-refractivity contribution < 1.29 is 8.78 Å². The second kappa shape index (κ2) is 2.69. The molecular formula is C8H12F2. The summed E-state index contributed by atoms with van der Waals surface area (Å²) in [4.78, 5) is 0. The first-order chi connectivity index (χ1) is 4.61. The van der Waals surface area contributed by atoms with Crippen molar-refractivity contribution in [2.24, 2.45) is 11.8 Å². The minimum atomic E-state index is -0.986. The molecule has 3 atom stereocenters. The Morgan fingerprint density at radius 1 is 1.50 bits per heavy atom. The summed E-state index contributed by atoms with van der Waals surface area (Å²) in [5.74, 6) is -0.742. The fraction of sp³-hybridized carbons (Fsp3) is 0.750. The molecule has 0 aromatic rings. The molecule has 0 aliphatic heterocycles. The number of hydrogen-bond donors (Lipinski definition) is 0. The van der Waals surface area contributed by atoms with Gasteiger partial charge in [0.25, 0.3) is 0 Å². The van der Waals surface area contributed by atoms with Crippen molar-refractivity contribution in [2.45, 2.75) is 26.4 Å². The molecule has 0 bridgehead atoms. The molecule has 0 heterocycles. The smallest absolute Gasteiger partial charge is 0.109 e. The van der Waals surface area contributed by atoms with E-state index in [1.54, 1.807) is 6.92 Å². The predicted molar refractivity (Wildman–Crippen MR) is 37.0 cm³/mol. The van der Waals surface area contributed by atoms with E-state index in [-0.39, 0.29) is 11.7 Å². The van der Waals surface area contributed by atoms with Crippen LogP contribution in [0.4, 0.5) is 8.78 Å². The summed E-state index contributed by atoms with van der Waals surface area (Å²) in [6, 6.07) is 0. The molecule has 0 fully saturated rings. The zero-order chi connectivity index (χ0) is 7.72. The molecule has 0 saturated heterocycles. The van der Waals surface area contributed by atoms with Crippen molar-refractivity contribution in [1.82, 2.24) is 0 Å². The molecular weight excluding hydrogens is 134 g/mol. The lowest BCUT2D eigenvalue weighted by atomic mass is 9.88. The first kappa shape index (κ1) is 7.70. The third-order valence-electron chi connectivity index (χ3n) is 2.02. The van der Waals surface area contributed by atoms with Crippen molar-refractivity contribution in [3.8, 4) is 0 Å². The topological polar surface area (TPSA) is 0 Å². The highest BCUT2D eigenvalue weighted by Crippen LogP contribution is 2.30. The summed E-state index contributed by atoms with van der Waals surface area (Å²) in [5.41, 5.74) is 0. The maximum absolute atomic E-state index is 12.8. The highest BCUT2D eigenvalue weighted by Gasteiger charge is 2.26. The van der Waals surface area contributed by atoms with Gasteiger partial charge in [0, 0.05) is 5.92 Å². The van der Waals surface area contributed by atoms with Gasteiger partial charge in [-0.25, -0.2) is 8.78 Å². The van der Waals surface area contributed by atoms with Gasteiger partial charge in [0.1, 0.15) is 12.0 Å². The minimum absolute atomic E-state index is 0.0613. The molecule has 58 valence electrons. The van der Waals surface area contributed by atoms with E-state index in [9.17, 15) is 8.78 Å². The van der Waals surface area contributed by atoms with Crippen molar-refractivity contribution in [2.75, 3.05) is 0 Å². The average Bonchev–Trinajstić information content (AvgIpc) is 1.82. The summed E-state index contributed by atoms with van der Waals surface area (Å²) in [6.45, 7) is 3.42. The standard InChI is InChI=1S/C8H12F2/c1-5-3-7(9)6(2)8(10)4-5/h3,5-6,8H,4H2,1-2H3. The Hall–Kier alpha value is -0.400. The average molecular weight is 146 g/mol. The van der Waals surface area contributed by atoms with Crippen LogP contribution in [0.25, 0.3) is 0 Å². The Bertz CT molecular complexity index is 151. The van der Waals surface area contributed by atoms with Crippen molar-refractivity contribution >= 4 is 0 Å². The van der Waals surface area contributed by atoms with Crippen molar-refractivity contribution in [1.29, 1.82) is 0 Å². The molecule has 1 aliphatic carbocycles. The second-order valence-electron chi connectivity index (χ2n) is 3.07. The van der Waals surface area contributed by atoms with Crippen LogP contribution in [-0.4, -0.2) is 6.17 Å². The molecule has 1 aliphatic rings. The van der Waals surface area contributed by atoms with Crippen LogP contribution in [0.5, 0.6) is 0 Å². The highest BCUT2D eigenvalue weighted by molar-refractivity contribution is 5.06.